The van der Waals surface area contributed by atoms with Crippen LogP contribution in [-0.4, -0.2) is 35.9 Å². The van der Waals surface area contributed by atoms with Crippen molar-refractivity contribution in [2.24, 2.45) is 0 Å². The first-order valence-corrected chi connectivity index (χ1v) is 9.85. The minimum Gasteiger partial charge on any atom is -0.321 e. The summed E-state index contributed by atoms with van der Waals surface area (Å²) in [6.45, 7) is 5.48. The highest BCUT2D eigenvalue weighted by atomic mass is 16.1. The third kappa shape index (κ3) is 4.20. The molecular formula is C23H20N8O. The molecule has 3 aromatic heterocycles. The molecule has 0 unspecified atom stereocenters. The molecule has 0 spiro atoms. The maximum absolute atomic E-state index is 12.8. The molecule has 3 heterocycles. The third-order valence-electron chi connectivity index (χ3n) is 5.04. The molecule has 0 fully saturated rings. The van der Waals surface area contributed by atoms with Gasteiger partial charge in [-0.05, 0) is 44.5 Å². The lowest BCUT2D eigenvalue weighted by Crippen LogP contribution is -2.17. The Morgan fingerprint density at radius 2 is 1.94 bits per heavy atom. The van der Waals surface area contributed by atoms with E-state index in [0.717, 1.165) is 16.8 Å². The summed E-state index contributed by atoms with van der Waals surface area (Å²) < 4.78 is 1.59. The zero-order valence-corrected chi connectivity index (χ0v) is 17.8. The van der Waals surface area contributed by atoms with Gasteiger partial charge >= 0.3 is 0 Å². The number of carbonyl (C=O) groups is 1. The van der Waals surface area contributed by atoms with E-state index in [1.165, 1.54) is 6.33 Å². The number of amides is 1. The Bertz CT molecular complexity index is 1320. The van der Waals surface area contributed by atoms with E-state index in [-0.39, 0.29) is 5.91 Å². The van der Waals surface area contributed by atoms with Crippen LogP contribution in [0.3, 0.4) is 0 Å². The van der Waals surface area contributed by atoms with Gasteiger partial charge in [0.15, 0.2) is 0 Å². The largest absolute Gasteiger partial charge is 0.321 e. The first-order chi connectivity index (χ1) is 15.4. The number of anilines is 1. The molecule has 9 nitrogen and oxygen atoms in total. The van der Waals surface area contributed by atoms with Gasteiger partial charge in [0.1, 0.15) is 12.0 Å². The molecular weight excluding hydrogens is 404 g/mol. The first-order valence-electron chi connectivity index (χ1n) is 9.85. The Morgan fingerprint density at radius 1 is 1.16 bits per heavy atom. The van der Waals surface area contributed by atoms with Crippen LogP contribution in [0, 0.1) is 18.3 Å². The fourth-order valence-corrected chi connectivity index (χ4v) is 3.08. The highest BCUT2D eigenvalue weighted by Gasteiger charge is 2.21. The van der Waals surface area contributed by atoms with Gasteiger partial charge in [0, 0.05) is 23.5 Å². The summed E-state index contributed by atoms with van der Waals surface area (Å²) in [7, 11) is 0. The molecule has 158 valence electrons. The summed E-state index contributed by atoms with van der Waals surface area (Å²) in [5.74, 6) is -0.294. The first kappa shape index (κ1) is 20.8. The Balaban J connectivity index is 1.59. The van der Waals surface area contributed by atoms with Crippen molar-refractivity contribution in [3.63, 3.8) is 0 Å². The molecule has 32 heavy (non-hydrogen) atoms. The number of nitriles is 1. The number of carbonyl (C=O) groups excluding carboxylic acids is 1. The molecule has 0 saturated carbocycles. The van der Waals surface area contributed by atoms with Crippen LogP contribution in [0.4, 0.5) is 5.69 Å². The summed E-state index contributed by atoms with van der Waals surface area (Å²) in [5, 5.41) is 20.6. The van der Waals surface area contributed by atoms with E-state index < -0.39 is 5.41 Å². The second-order valence-electron chi connectivity index (χ2n) is 7.78. The van der Waals surface area contributed by atoms with Gasteiger partial charge in [-0.2, -0.15) is 5.26 Å². The van der Waals surface area contributed by atoms with E-state index in [1.54, 1.807) is 53.7 Å². The van der Waals surface area contributed by atoms with Crippen molar-refractivity contribution in [3.05, 3.63) is 78.3 Å². The number of rotatable bonds is 5. The number of hydrogen-bond acceptors (Lipinski definition) is 7. The zero-order valence-electron chi connectivity index (χ0n) is 17.8. The molecule has 0 saturated heterocycles. The van der Waals surface area contributed by atoms with E-state index in [9.17, 15) is 10.1 Å². The van der Waals surface area contributed by atoms with Crippen molar-refractivity contribution < 1.29 is 4.79 Å². The Morgan fingerprint density at radius 3 is 2.69 bits per heavy atom. The standard InChI is InChI=1S/C23H20N8O/c1-15-21(31-12-20(29-30-31)17-9-25-14-26-10-17)8-19(11-27-15)28-22(32)16-5-4-6-18(7-16)23(2,3)13-24/h4-12,14H,1-3H3,(H,28,32). The maximum atomic E-state index is 12.8. The van der Waals surface area contributed by atoms with Gasteiger partial charge in [0.05, 0.1) is 40.9 Å². The minimum absolute atomic E-state index is 0.294. The van der Waals surface area contributed by atoms with Crippen LogP contribution >= 0.6 is 0 Å². The number of aromatic nitrogens is 6. The number of nitrogens with one attached hydrogen (secondary N) is 1. The topological polar surface area (TPSA) is 122 Å². The van der Waals surface area contributed by atoms with Gasteiger partial charge in [-0.3, -0.25) is 9.78 Å². The number of benzene rings is 1. The average molecular weight is 424 g/mol. The van der Waals surface area contributed by atoms with E-state index >= 15 is 0 Å². The fourth-order valence-electron chi connectivity index (χ4n) is 3.08. The van der Waals surface area contributed by atoms with E-state index in [0.29, 0.717) is 22.6 Å². The monoisotopic (exact) mass is 424 g/mol. The molecule has 1 aromatic carbocycles. The molecule has 0 aliphatic rings. The molecule has 1 amide bonds. The van der Waals surface area contributed by atoms with Crippen LogP contribution in [0.25, 0.3) is 16.9 Å². The molecule has 4 rings (SSSR count). The van der Waals surface area contributed by atoms with Crippen LogP contribution in [0.15, 0.2) is 61.4 Å². The van der Waals surface area contributed by atoms with Crippen LogP contribution in [0.5, 0.6) is 0 Å². The second kappa shape index (κ2) is 8.35. The number of hydrogen-bond donors (Lipinski definition) is 1. The summed E-state index contributed by atoms with van der Waals surface area (Å²) in [4.78, 5) is 25.2. The van der Waals surface area contributed by atoms with E-state index in [1.807, 2.05) is 26.8 Å². The van der Waals surface area contributed by atoms with Crippen molar-refractivity contribution in [1.82, 2.24) is 29.9 Å². The lowest BCUT2D eigenvalue weighted by Gasteiger charge is -2.16. The van der Waals surface area contributed by atoms with Crippen molar-refractivity contribution in [1.29, 1.82) is 5.26 Å². The molecule has 0 bridgehead atoms. The van der Waals surface area contributed by atoms with Crippen molar-refractivity contribution in [2.45, 2.75) is 26.2 Å². The summed E-state index contributed by atoms with van der Waals surface area (Å²) in [5.41, 5.74) is 3.82. The van der Waals surface area contributed by atoms with Gasteiger partial charge in [0.2, 0.25) is 0 Å². The predicted octanol–water partition coefficient (Wildman–Crippen LogP) is 3.48. The predicted molar refractivity (Wildman–Crippen MR) is 118 cm³/mol. The van der Waals surface area contributed by atoms with Gasteiger partial charge in [0.25, 0.3) is 5.91 Å². The smallest absolute Gasteiger partial charge is 0.255 e. The molecule has 0 aliphatic heterocycles. The minimum atomic E-state index is -0.691. The van der Waals surface area contributed by atoms with Gasteiger partial charge < -0.3 is 5.32 Å². The van der Waals surface area contributed by atoms with Crippen molar-refractivity contribution in [3.8, 4) is 23.0 Å². The van der Waals surface area contributed by atoms with Gasteiger partial charge in [-0.15, -0.1) is 5.10 Å². The third-order valence-corrected chi connectivity index (χ3v) is 5.04. The van der Waals surface area contributed by atoms with Gasteiger partial charge in [-0.25, -0.2) is 14.6 Å². The van der Waals surface area contributed by atoms with E-state index in [4.69, 9.17) is 0 Å². The number of pyridine rings is 1. The summed E-state index contributed by atoms with van der Waals surface area (Å²) in [6.07, 6.45) is 8.10. The Kier molecular flexibility index (Phi) is 5.43. The second-order valence-corrected chi connectivity index (χ2v) is 7.78. The molecule has 0 atom stereocenters. The molecule has 9 heteroatoms. The average Bonchev–Trinajstić information content (AvgIpc) is 3.31. The SMILES string of the molecule is Cc1ncc(NC(=O)c2cccc(C(C)(C)C#N)c2)cc1-n1cc(-c2cncnc2)nn1. The Labute approximate surface area is 184 Å². The lowest BCUT2D eigenvalue weighted by atomic mass is 9.85. The van der Waals surface area contributed by atoms with Crippen LogP contribution < -0.4 is 5.32 Å². The van der Waals surface area contributed by atoms with Crippen LogP contribution in [0.2, 0.25) is 0 Å². The Hall–Kier alpha value is -4.45. The molecule has 4 aromatic rings. The normalized spacial score (nSPS) is 11.1. The van der Waals surface area contributed by atoms with E-state index in [2.05, 4.69) is 36.7 Å². The summed E-state index contributed by atoms with van der Waals surface area (Å²) >= 11 is 0. The van der Waals surface area contributed by atoms with Gasteiger partial charge in [-0.1, -0.05) is 17.3 Å². The highest BCUT2D eigenvalue weighted by molar-refractivity contribution is 6.04. The zero-order chi connectivity index (χ0) is 22.7. The number of aryl methyl sites for hydroxylation is 1. The quantitative estimate of drug-likeness (QED) is 0.520. The highest BCUT2D eigenvalue weighted by Crippen LogP contribution is 2.24. The number of nitrogens with zero attached hydrogens (tertiary/aromatic N) is 7. The molecule has 0 aliphatic carbocycles. The van der Waals surface area contributed by atoms with Crippen LogP contribution in [0.1, 0.15) is 35.5 Å². The summed E-state index contributed by atoms with van der Waals surface area (Å²) in [6, 6.07) is 11.1. The van der Waals surface area contributed by atoms with Crippen molar-refractivity contribution in [2.75, 3.05) is 5.32 Å². The molecule has 1 N–H and O–H groups in total. The van der Waals surface area contributed by atoms with Crippen LogP contribution in [-0.2, 0) is 5.41 Å². The fraction of sp³-hybridized carbons (Fsp3) is 0.174. The lowest BCUT2D eigenvalue weighted by molar-refractivity contribution is 0.102. The maximum Gasteiger partial charge on any atom is 0.255 e. The molecule has 0 radical (unpaired) electrons. The van der Waals surface area contributed by atoms with Crippen molar-refractivity contribution >= 4 is 11.6 Å².